The van der Waals surface area contributed by atoms with Gasteiger partial charge in [-0.25, -0.2) is 0 Å². The summed E-state index contributed by atoms with van der Waals surface area (Å²) < 4.78 is 4.70. The summed E-state index contributed by atoms with van der Waals surface area (Å²) >= 11 is 0. The quantitative estimate of drug-likeness (QED) is 0.625. The van der Waals surface area contributed by atoms with Gasteiger partial charge in [-0.1, -0.05) is 30.3 Å². The Morgan fingerprint density at radius 3 is 2.53 bits per heavy atom. The second kappa shape index (κ2) is 6.68. The molecule has 0 saturated carbocycles. The summed E-state index contributed by atoms with van der Waals surface area (Å²) in [5.74, 6) is -0.815. The van der Waals surface area contributed by atoms with E-state index in [0.717, 1.165) is 5.56 Å². The molecule has 1 aromatic rings. The highest BCUT2D eigenvalue weighted by Gasteiger charge is 2.13. The Hall–Kier alpha value is -1.84. The molecule has 92 valence electrons. The maximum absolute atomic E-state index is 11.5. The number of esters is 1. The van der Waals surface area contributed by atoms with Gasteiger partial charge in [0.05, 0.1) is 12.6 Å². The van der Waals surface area contributed by atoms with Crippen LogP contribution in [0.4, 0.5) is 0 Å². The highest BCUT2D eigenvalue weighted by atomic mass is 16.5. The first-order valence-corrected chi connectivity index (χ1v) is 5.63. The number of nitrogens with one attached hydrogen (secondary N) is 1. The van der Waals surface area contributed by atoms with Crippen LogP contribution in [0.5, 0.6) is 0 Å². The van der Waals surface area contributed by atoms with Crippen molar-refractivity contribution in [3.8, 4) is 0 Å². The molecule has 1 amide bonds. The summed E-state index contributed by atoms with van der Waals surface area (Å²) in [5.41, 5.74) is 1.00. The molecule has 1 aromatic carbocycles. The van der Waals surface area contributed by atoms with Crippen LogP contribution in [0.3, 0.4) is 0 Å². The fraction of sp³-hybridized carbons (Fsp3) is 0.385. The normalized spacial score (nSPS) is 11.6. The lowest BCUT2D eigenvalue weighted by molar-refractivity contribution is -0.146. The van der Waals surface area contributed by atoms with Crippen molar-refractivity contribution < 1.29 is 14.3 Å². The average molecular weight is 235 g/mol. The Bertz CT molecular complexity index is 376. The maximum Gasteiger partial charge on any atom is 0.315 e. The van der Waals surface area contributed by atoms with Crippen LogP contribution in [0.1, 0.15) is 31.9 Å². The third-order valence-electron chi connectivity index (χ3n) is 2.29. The first-order chi connectivity index (χ1) is 8.13. The standard InChI is InChI=1S/C13H17NO3/c1-3-17-13(16)9-12(15)14-10(2)11-7-5-4-6-8-11/h4-8,10H,3,9H2,1-2H3,(H,14,15)/t10-/m1/s1. The predicted molar refractivity (Wildman–Crippen MR) is 64.2 cm³/mol. The molecule has 0 aliphatic heterocycles. The molecular formula is C13H17NO3. The molecule has 0 saturated heterocycles. The van der Waals surface area contributed by atoms with Crippen LogP contribution in [0.15, 0.2) is 30.3 Å². The molecular weight excluding hydrogens is 218 g/mol. The number of amides is 1. The summed E-state index contributed by atoms with van der Waals surface area (Å²) in [5, 5.41) is 2.75. The summed E-state index contributed by atoms with van der Waals surface area (Å²) in [4.78, 5) is 22.6. The van der Waals surface area contributed by atoms with Crippen molar-refractivity contribution in [1.82, 2.24) is 5.32 Å². The van der Waals surface area contributed by atoms with Crippen molar-refractivity contribution in [3.05, 3.63) is 35.9 Å². The number of hydrogen-bond donors (Lipinski definition) is 1. The summed E-state index contributed by atoms with van der Waals surface area (Å²) in [6.07, 6.45) is -0.231. The van der Waals surface area contributed by atoms with Crippen LogP contribution < -0.4 is 5.32 Å². The Balaban J connectivity index is 2.44. The molecule has 1 N–H and O–H groups in total. The van der Waals surface area contributed by atoms with E-state index in [0.29, 0.717) is 6.61 Å². The fourth-order valence-corrected chi connectivity index (χ4v) is 1.46. The second-order valence-corrected chi connectivity index (χ2v) is 3.68. The van der Waals surface area contributed by atoms with E-state index >= 15 is 0 Å². The van der Waals surface area contributed by atoms with Crippen LogP contribution in [0, 0.1) is 0 Å². The molecule has 0 fully saturated rings. The van der Waals surface area contributed by atoms with Crippen molar-refractivity contribution in [2.24, 2.45) is 0 Å². The van der Waals surface area contributed by atoms with Gasteiger partial charge in [-0.15, -0.1) is 0 Å². The molecule has 0 spiro atoms. The Labute approximate surface area is 101 Å². The van der Waals surface area contributed by atoms with Crippen LogP contribution in [0.25, 0.3) is 0 Å². The Morgan fingerprint density at radius 2 is 1.94 bits per heavy atom. The molecule has 1 atom stereocenters. The Kier molecular flexibility index (Phi) is 5.20. The molecule has 0 bridgehead atoms. The SMILES string of the molecule is CCOC(=O)CC(=O)N[C@H](C)c1ccccc1. The summed E-state index contributed by atoms with van der Waals surface area (Å²) in [6.45, 7) is 3.88. The van der Waals surface area contributed by atoms with Crippen molar-refractivity contribution in [2.75, 3.05) is 6.61 Å². The molecule has 1 rings (SSSR count). The van der Waals surface area contributed by atoms with Gasteiger partial charge in [0.15, 0.2) is 0 Å². The van der Waals surface area contributed by atoms with E-state index in [4.69, 9.17) is 4.74 Å². The molecule has 4 nitrogen and oxygen atoms in total. The van der Waals surface area contributed by atoms with Gasteiger partial charge >= 0.3 is 5.97 Å². The minimum atomic E-state index is -0.495. The topological polar surface area (TPSA) is 55.4 Å². The van der Waals surface area contributed by atoms with Gasteiger partial charge in [-0.3, -0.25) is 9.59 Å². The molecule has 0 aliphatic carbocycles. The van der Waals surface area contributed by atoms with Gasteiger partial charge in [-0.2, -0.15) is 0 Å². The number of rotatable bonds is 5. The third-order valence-corrected chi connectivity index (χ3v) is 2.29. The zero-order valence-corrected chi connectivity index (χ0v) is 10.1. The van der Waals surface area contributed by atoms with Crippen molar-refractivity contribution in [1.29, 1.82) is 0 Å². The fourth-order valence-electron chi connectivity index (χ4n) is 1.46. The first kappa shape index (κ1) is 13.2. The molecule has 17 heavy (non-hydrogen) atoms. The summed E-state index contributed by atoms with van der Waals surface area (Å²) in [7, 11) is 0. The van der Waals surface area contributed by atoms with Crippen molar-refractivity contribution in [2.45, 2.75) is 26.3 Å². The van der Waals surface area contributed by atoms with Crippen LogP contribution >= 0.6 is 0 Å². The highest BCUT2D eigenvalue weighted by Crippen LogP contribution is 2.11. The lowest BCUT2D eigenvalue weighted by Gasteiger charge is -2.13. The molecule has 0 unspecified atom stereocenters. The number of carbonyl (C=O) groups is 2. The zero-order chi connectivity index (χ0) is 12.7. The zero-order valence-electron chi connectivity index (χ0n) is 10.1. The highest BCUT2D eigenvalue weighted by molar-refractivity contribution is 5.94. The number of carbonyl (C=O) groups excluding carboxylic acids is 2. The van der Waals surface area contributed by atoms with E-state index in [1.54, 1.807) is 6.92 Å². The predicted octanol–water partition coefficient (Wildman–Crippen LogP) is 1.82. The van der Waals surface area contributed by atoms with Gasteiger partial charge in [-0.05, 0) is 19.4 Å². The molecule has 0 radical (unpaired) electrons. The molecule has 4 heteroatoms. The van der Waals surface area contributed by atoms with E-state index in [1.165, 1.54) is 0 Å². The molecule has 0 aliphatic rings. The minimum Gasteiger partial charge on any atom is -0.466 e. The largest absolute Gasteiger partial charge is 0.466 e. The minimum absolute atomic E-state index is 0.113. The van der Waals surface area contributed by atoms with Crippen LogP contribution in [0.2, 0.25) is 0 Å². The van der Waals surface area contributed by atoms with Gasteiger partial charge in [0, 0.05) is 0 Å². The lowest BCUT2D eigenvalue weighted by Crippen LogP contribution is -2.29. The summed E-state index contributed by atoms with van der Waals surface area (Å²) in [6, 6.07) is 9.46. The second-order valence-electron chi connectivity index (χ2n) is 3.68. The smallest absolute Gasteiger partial charge is 0.315 e. The third kappa shape index (κ3) is 4.68. The van der Waals surface area contributed by atoms with Crippen LogP contribution in [-0.2, 0) is 14.3 Å². The van der Waals surface area contributed by atoms with E-state index in [9.17, 15) is 9.59 Å². The average Bonchev–Trinajstić information content (AvgIpc) is 2.30. The Morgan fingerprint density at radius 1 is 1.29 bits per heavy atom. The van der Waals surface area contributed by atoms with Gasteiger partial charge in [0.2, 0.25) is 5.91 Å². The van der Waals surface area contributed by atoms with E-state index in [-0.39, 0.29) is 18.4 Å². The van der Waals surface area contributed by atoms with Crippen molar-refractivity contribution >= 4 is 11.9 Å². The molecule has 0 heterocycles. The van der Waals surface area contributed by atoms with E-state index in [2.05, 4.69) is 5.32 Å². The number of hydrogen-bond acceptors (Lipinski definition) is 3. The lowest BCUT2D eigenvalue weighted by atomic mass is 10.1. The first-order valence-electron chi connectivity index (χ1n) is 5.63. The van der Waals surface area contributed by atoms with Crippen LogP contribution in [-0.4, -0.2) is 18.5 Å². The monoisotopic (exact) mass is 235 g/mol. The van der Waals surface area contributed by atoms with Gasteiger partial charge in [0.1, 0.15) is 6.42 Å². The van der Waals surface area contributed by atoms with Crippen molar-refractivity contribution in [3.63, 3.8) is 0 Å². The maximum atomic E-state index is 11.5. The number of benzene rings is 1. The van der Waals surface area contributed by atoms with Gasteiger partial charge in [0.25, 0.3) is 0 Å². The van der Waals surface area contributed by atoms with Gasteiger partial charge < -0.3 is 10.1 Å². The van der Waals surface area contributed by atoms with E-state index in [1.807, 2.05) is 37.3 Å². The molecule has 0 aromatic heterocycles. The number of ether oxygens (including phenoxy) is 1. The van der Waals surface area contributed by atoms with E-state index < -0.39 is 5.97 Å².